The average Bonchev–Trinajstić information content (AvgIpc) is 3.46. The van der Waals surface area contributed by atoms with Gasteiger partial charge in [-0.15, -0.1) is 0 Å². The Hall–Kier alpha value is -2.53. The van der Waals surface area contributed by atoms with E-state index in [0.717, 1.165) is 57.1 Å². The minimum absolute atomic E-state index is 0.00877. The van der Waals surface area contributed by atoms with Crippen LogP contribution in [0.3, 0.4) is 0 Å². The molecule has 10 heteroatoms. The third-order valence-corrected chi connectivity index (χ3v) is 14.7. The Kier molecular flexibility index (Phi) is 10.1. The summed E-state index contributed by atoms with van der Waals surface area (Å²) in [5.41, 5.74) is 0.367. The van der Waals surface area contributed by atoms with Crippen LogP contribution in [0.15, 0.2) is 30.3 Å². The normalized spacial score (nSPS) is 43.7. The lowest BCUT2D eigenvalue weighted by Gasteiger charge is -2.65. The molecule has 0 unspecified atom stereocenters. The number of ether oxygens (including phenoxy) is 2. The zero-order chi connectivity index (χ0) is 36.2. The van der Waals surface area contributed by atoms with Gasteiger partial charge in [-0.2, -0.15) is 19.6 Å². The van der Waals surface area contributed by atoms with Crippen molar-refractivity contribution in [2.45, 2.75) is 149 Å². The van der Waals surface area contributed by atoms with Crippen molar-refractivity contribution >= 4 is 23.5 Å². The summed E-state index contributed by atoms with van der Waals surface area (Å²) in [4.78, 5) is 63.0. The van der Waals surface area contributed by atoms with E-state index in [1.807, 2.05) is 30.3 Å². The second-order valence-electron chi connectivity index (χ2n) is 17.7. The molecule has 2 spiro atoms. The van der Waals surface area contributed by atoms with Gasteiger partial charge in [0.25, 0.3) is 0 Å². The standard InChI is InChI=1S/C41H59NO9/c1-25-16-18-40(19-17-25)48-50-41(51-49-40)21-20-38(5)29(24-41)22-34(46-27(3)43)37-32-14-13-31(39(32,6)35(23-33(37)38)47-28(4)44)26(2)12-15-36(45)42-30-10-8-7-9-11-30/h7-11,25-26,29,31-35,37H,12-24H2,1-6H3,(H,42,45)/t25?,26-,29-,31-,32+,33+,34-,35+,37+,38+,39-,40?,41?/m1/s1. The third-order valence-electron chi connectivity index (χ3n) is 14.7. The molecule has 1 aliphatic heterocycles. The van der Waals surface area contributed by atoms with Crippen LogP contribution in [0.5, 0.6) is 0 Å². The number of hydrogen-bond acceptors (Lipinski definition) is 9. The van der Waals surface area contributed by atoms with Crippen molar-refractivity contribution in [1.29, 1.82) is 0 Å². The number of amides is 1. The number of carbonyl (C=O) groups is 3. The first-order valence-electron chi connectivity index (χ1n) is 19.7. The summed E-state index contributed by atoms with van der Waals surface area (Å²) in [6.45, 7) is 12.2. The van der Waals surface area contributed by atoms with Crippen LogP contribution in [-0.2, 0) is 43.4 Å². The Morgan fingerprint density at radius 1 is 0.843 bits per heavy atom. The summed E-state index contributed by atoms with van der Waals surface area (Å²) in [5.74, 6) is -0.642. The van der Waals surface area contributed by atoms with E-state index in [9.17, 15) is 14.4 Å². The van der Waals surface area contributed by atoms with Crippen LogP contribution >= 0.6 is 0 Å². The number of hydrogen-bond donors (Lipinski definition) is 1. The quantitative estimate of drug-likeness (QED) is 0.220. The Balaban J connectivity index is 1.11. The van der Waals surface area contributed by atoms with Gasteiger partial charge in [0.1, 0.15) is 12.2 Å². The van der Waals surface area contributed by atoms with Crippen LogP contribution in [-0.4, -0.2) is 41.6 Å². The van der Waals surface area contributed by atoms with E-state index >= 15 is 0 Å². The number of anilines is 1. The predicted molar refractivity (Wildman–Crippen MR) is 188 cm³/mol. The zero-order valence-electron chi connectivity index (χ0n) is 31.4. The Morgan fingerprint density at radius 2 is 1.51 bits per heavy atom. The number of rotatable bonds is 7. The van der Waals surface area contributed by atoms with Crippen LogP contribution < -0.4 is 5.32 Å². The zero-order valence-corrected chi connectivity index (χ0v) is 31.4. The summed E-state index contributed by atoms with van der Waals surface area (Å²) in [7, 11) is 0. The van der Waals surface area contributed by atoms with Crippen molar-refractivity contribution in [3.63, 3.8) is 0 Å². The highest BCUT2D eigenvalue weighted by Gasteiger charge is 2.69. The lowest BCUT2D eigenvalue weighted by molar-refractivity contribution is -0.665. The van der Waals surface area contributed by atoms with Crippen LogP contribution in [0.1, 0.15) is 125 Å². The van der Waals surface area contributed by atoms with Crippen LogP contribution in [0.25, 0.3) is 0 Å². The molecule has 1 N–H and O–H groups in total. The molecule has 0 radical (unpaired) electrons. The lowest BCUT2D eigenvalue weighted by atomic mass is 9.42. The highest BCUT2D eigenvalue weighted by atomic mass is 17.4. The van der Waals surface area contributed by atoms with E-state index in [2.05, 4.69) is 33.0 Å². The molecule has 1 heterocycles. The average molecular weight is 710 g/mol. The van der Waals surface area contributed by atoms with Gasteiger partial charge in [0.2, 0.25) is 17.5 Å². The van der Waals surface area contributed by atoms with E-state index in [1.54, 1.807) is 0 Å². The second-order valence-corrected chi connectivity index (χ2v) is 17.7. The molecule has 1 aromatic carbocycles. The maximum Gasteiger partial charge on any atom is 0.302 e. The first kappa shape index (κ1) is 36.8. The van der Waals surface area contributed by atoms with E-state index in [0.29, 0.717) is 38.0 Å². The van der Waals surface area contributed by atoms with Gasteiger partial charge in [0, 0.05) is 63.0 Å². The molecule has 10 nitrogen and oxygen atoms in total. The molecular weight excluding hydrogens is 650 g/mol. The first-order chi connectivity index (χ1) is 24.3. The van der Waals surface area contributed by atoms with Gasteiger partial charge >= 0.3 is 11.9 Å². The van der Waals surface area contributed by atoms with Crippen molar-refractivity contribution in [2.75, 3.05) is 5.32 Å². The molecule has 7 rings (SSSR count). The van der Waals surface area contributed by atoms with E-state index in [1.165, 1.54) is 13.8 Å². The number of nitrogens with one attached hydrogen (secondary N) is 1. The fraction of sp³-hybridized carbons (Fsp3) is 0.780. The molecule has 1 saturated heterocycles. The smallest absolute Gasteiger partial charge is 0.302 e. The highest BCUT2D eigenvalue weighted by molar-refractivity contribution is 5.90. The van der Waals surface area contributed by atoms with Crippen molar-refractivity contribution in [3.8, 4) is 0 Å². The molecule has 51 heavy (non-hydrogen) atoms. The number of fused-ring (bicyclic) bond motifs is 5. The maximum atomic E-state index is 12.9. The number of esters is 2. The van der Waals surface area contributed by atoms with Gasteiger partial charge in [-0.25, -0.2) is 0 Å². The van der Waals surface area contributed by atoms with Gasteiger partial charge in [0.05, 0.1) is 0 Å². The maximum absolute atomic E-state index is 12.9. The Bertz CT molecular complexity index is 1430. The molecule has 0 aromatic heterocycles. The van der Waals surface area contributed by atoms with Crippen molar-refractivity contribution in [2.24, 2.45) is 52.3 Å². The molecule has 6 aliphatic rings. The summed E-state index contributed by atoms with van der Waals surface area (Å²) in [5, 5.41) is 3.03. The van der Waals surface area contributed by atoms with Crippen LogP contribution in [0.2, 0.25) is 0 Å². The van der Waals surface area contributed by atoms with Gasteiger partial charge in [-0.1, -0.05) is 45.9 Å². The van der Waals surface area contributed by atoms with Gasteiger partial charge in [-0.05, 0) is 104 Å². The van der Waals surface area contributed by atoms with Crippen molar-refractivity contribution in [1.82, 2.24) is 0 Å². The topological polar surface area (TPSA) is 119 Å². The largest absolute Gasteiger partial charge is 0.462 e. The number of para-hydroxylation sites is 1. The molecule has 5 saturated carbocycles. The van der Waals surface area contributed by atoms with Crippen LogP contribution in [0.4, 0.5) is 5.69 Å². The highest BCUT2D eigenvalue weighted by Crippen LogP contribution is 2.70. The lowest BCUT2D eigenvalue weighted by Crippen LogP contribution is -2.65. The molecule has 282 valence electrons. The Labute approximate surface area is 303 Å². The Morgan fingerprint density at radius 3 is 2.18 bits per heavy atom. The molecule has 1 aromatic rings. The second kappa shape index (κ2) is 14.0. The minimum Gasteiger partial charge on any atom is -0.462 e. The summed E-state index contributed by atoms with van der Waals surface area (Å²) in [6, 6.07) is 9.56. The third kappa shape index (κ3) is 6.88. The van der Waals surface area contributed by atoms with Gasteiger partial charge in [0.15, 0.2) is 0 Å². The predicted octanol–water partition coefficient (Wildman–Crippen LogP) is 8.30. The van der Waals surface area contributed by atoms with Crippen molar-refractivity contribution < 1.29 is 43.4 Å². The van der Waals surface area contributed by atoms with Crippen molar-refractivity contribution in [3.05, 3.63) is 30.3 Å². The molecule has 5 aliphatic carbocycles. The SMILES string of the molecule is CC(=O)O[C@H]1C[C@H]2[C@@H]([C@H](OC(C)=O)C[C@@H]3CC4(CC[C@@]32C)OOC2(CCC(C)CC2)OO4)[C@@H]2CC[C@H]([C@H](C)CCC(=O)Nc3ccccc3)[C@@]12C. The van der Waals surface area contributed by atoms with Crippen LogP contribution in [0, 0.1) is 52.3 Å². The van der Waals surface area contributed by atoms with Gasteiger partial charge in [-0.3, -0.25) is 14.4 Å². The van der Waals surface area contributed by atoms with E-state index < -0.39 is 11.6 Å². The van der Waals surface area contributed by atoms with E-state index in [4.69, 9.17) is 29.0 Å². The fourth-order valence-corrected chi connectivity index (χ4v) is 11.9. The number of carbonyl (C=O) groups excluding carboxylic acids is 3. The fourth-order valence-electron chi connectivity index (χ4n) is 11.9. The monoisotopic (exact) mass is 709 g/mol. The molecule has 6 fully saturated rings. The first-order valence-corrected chi connectivity index (χ1v) is 19.7. The molecule has 0 bridgehead atoms. The summed E-state index contributed by atoms with van der Waals surface area (Å²) < 4.78 is 12.6. The minimum atomic E-state index is -1.01. The molecular formula is C41H59NO9. The molecule has 10 atom stereocenters. The van der Waals surface area contributed by atoms with Gasteiger partial charge < -0.3 is 14.8 Å². The number of benzene rings is 1. The summed E-state index contributed by atoms with van der Waals surface area (Å²) >= 11 is 0. The van der Waals surface area contributed by atoms with E-state index in [-0.39, 0.29) is 76.4 Å². The summed E-state index contributed by atoms with van der Waals surface area (Å²) in [6.07, 6.45) is 9.49. The molecule has 1 amide bonds.